The minimum absolute atomic E-state index is 0.0147. The van der Waals surface area contributed by atoms with E-state index in [9.17, 15) is 9.59 Å². The Kier molecular flexibility index (Phi) is 6.69. The lowest BCUT2D eigenvalue weighted by Gasteiger charge is -2.37. The van der Waals surface area contributed by atoms with E-state index in [-0.39, 0.29) is 18.1 Å². The summed E-state index contributed by atoms with van der Waals surface area (Å²) in [4.78, 5) is 26.9. The second-order valence-corrected chi connectivity index (χ2v) is 9.89. The van der Waals surface area contributed by atoms with Crippen molar-refractivity contribution in [1.29, 1.82) is 0 Å². The first kappa shape index (κ1) is 21.8. The molecule has 0 bridgehead atoms. The molecule has 0 aromatic heterocycles. The van der Waals surface area contributed by atoms with Gasteiger partial charge in [0.25, 0.3) is 0 Å². The van der Waals surface area contributed by atoms with Crippen molar-refractivity contribution in [2.45, 2.75) is 91.4 Å². The van der Waals surface area contributed by atoms with Crippen LogP contribution in [0.15, 0.2) is 0 Å². The molecule has 2 rings (SSSR count). The Morgan fingerprint density at radius 3 is 2.22 bits per heavy atom. The third-order valence-electron chi connectivity index (χ3n) is 5.92. The summed E-state index contributed by atoms with van der Waals surface area (Å²) >= 11 is 0. The van der Waals surface area contributed by atoms with Crippen LogP contribution in [0.1, 0.15) is 74.1 Å². The Bertz CT molecular complexity index is 537. The zero-order valence-corrected chi connectivity index (χ0v) is 18.1. The molecule has 27 heavy (non-hydrogen) atoms. The number of rotatable bonds is 5. The van der Waals surface area contributed by atoms with Gasteiger partial charge in [-0.25, -0.2) is 9.59 Å². The third-order valence-corrected chi connectivity index (χ3v) is 5.92. The average Bonchev–Trinajstić information content (AvgIpc) is 2.87. The summed E-state index contributed by atoms with van der Waals surface area (Å²) in [5.41, 5.74) is -1.03. The van der Waals surface area contributed by atoms with Crippen molar-refractivity contribution in [3.8, 4) is 0 Å². The molecule has 1 saturated carbocycles. The lowest BCUT2D eigenvalue weighted by Crippen LogP contribution is -2.55. The average molecular weight is 383 g/mol. The molecular weight excluding hydrogens is 344 g/mol. The molecule has 6 nitrogen and oxygen atoms in total. The quantitative estimate of drug-likeness (QED) is 0.756. The Morgan fingerprint density at radius 1 is 1.15 bits per heavy atom. The molecule has 0 aromatic carbocycles. The van der Waals surface area contributed by atoms with Gasteiger partial charge in [0.15, 0.2) is 0 Å². The summed E-state index contributed by atoms with van der Waals surface area (Å²) in [5, 5.41) is 3.04. The van der Waals surface area contributed by atoms with Gasteiger partial charge in [-0.2, -0.15) is 0 Å². The Morgan fingerprint density at radius 2 is 1.78 bits per heavy atom. The van der Waals surface area contributed by atoms with E-state index in [4.69, 9.17) is 9.47 Å². The molecular formula is C21H38N2O4. The summed E-state index contributed by atoms with van der Waals surface area (Å²) in [6.07, 6.45) is 3.52. The van der Waals surface area contributed by atoms with Crippen molar-refractivity contribution in [2.24, 2.45) is 17.8 Å². The predicted molar refractivity (Wildman–Crippen MR) is 106 cm³/mol. The molecule has 2 atom stereocenters. The number of amides is 2. The maximum absolute atomic E-state index is 12.8. The number of hydrogen-bond donors (Lipinski definition) is 1. The predicted octanol–water partition coefficient (Wildman–Crippen LogP) is 4.57. The van der Waals surface area contributed by atoms with Gasteiger partial charge in [0.1, 0.15) is 11.7 Å². The standard InChI is InChI=1S/C21H38N2O4/c1-14(2)17(16-9-8-10-16)26-19(25)23-12-11-21(13-23,15(3)4)22-18(24)27-20(5,6)7/h14-17H,8-13H2,1-7H3,(H,22,24)/t17?,21-/m1/s1. The zero-order valence-electron chi connectivity index (χ0n) is 18.1. The topological polar surface area (TPSA) is 67.9 Å². The number of nitrogens with zero attached hydrogens (tertiary/aromatic N) is 1. The Hall–Kier alpha value is -1.46. The number of ether oxygens (including phenoxy) is 2. The summed E-state index contributed by atoms with van der Waals surface area (Å²) in [7, 11) is 0. The minimum atomic E-state index is -0.549. The van der Waals surface area contributed by atoms with Gasteiger partial charge in [-0.15, -0.1) is 0 Å². The van der Waals surface area contributed by atoms with E-state index < -0.39 is 17.2 Å². The van der Waals surface area contributed by atoms with E-state index in [1.807, 2.05) is 20.8 Å². The number of likely N-dealkylation sites (tertiary alicyclic amines) is 1. The lowest BCUT2D eigenvalue weighted by molar-refractivity contribution is -0.0107. The maximum Gasteiger partial charge on any atom is 0.410 e. The Labute approximate surface area is 164 Å². The van der Waals surface area contributed by atoms with Crippen LogP contribution in [0.2, 0.25) is 0 Å². The van der Waals surface area contributed by atoms with Crippen LogP contribution in [-0.2, 0) is 9.47 Å². The van der Waals surface area contributed by atoms with Gasteiger partial charge >= 0.3 is 12.2 Å². The fourth-order valence-electron chi connectivity index (χ4n) is 3.95. The van der Waals surface area contributed by atoms with E-state index in [2.05, 4.69) is 33.0 Å². The highest BCUT2D eigenvalue weighted by Crippen LogP contribution is 2.36. The SMILES string of the molecule is CC(C)C(OC(=O)N1CC[C@](NC(=O)OC(C)(C)C)(C(C)C)C1)C1CCC1. The van der Waals surface area contributed by atoms with Crippen LogP contribution >= 0.6 is 0 Å². The normalized spacial score (nSPS) is 24.7. The van der Waals surface area contributed by atoms with E-state index in [0.717, 1.165) is 12.8 Å². The molecule has 1 unspecified atom stereocenters. The fraction of sp³-hybridized carbons (Fsp3) is 0.905. The van der Waals surface area contributed by atoms with Gasteiger partial charge in [-0.1, -0.05) is 34.1 Å². The molecule has 2 fully saturated rings. The van der Waals surface area contributed by atoms with Crippen LogP contribution in [0, 0.1) is 17.8 Å². The minimum Gasteiger partial charge on any atom is -0.446 e. The highest BCUT2D eigenvalue weighted by Gasteiger charge is 2.45. The summed E-state index contributed by atoms with van der Waals surface area (Å²) in [6, 6.07) is 0. The van der Waals surface area contributed by atoms with Crippen molar-refractivity contribution < 1.29 is 19.1 Å². The van der Waals surface area contributed by atoms with Gasteiger partial charge < -0.3 is 19.7 Å². The third kappa shape index (κ3) is 5.52. The van der Waals surface area contributed by atoms with Gasteiger partial charge in [-0.3, -0.25) is 0 Å². The number of carbonyl (C=O) groups excluding carboxylic acids is 2. The summed E-state index contributed by atoms with van der Waals surface area (Å²) in [6.45, 7) is 14.9. The van der Waals surface area contributed by atoms with E-state index in [1.165, 1.54) is 6.42 Å². The van der Waals surface area contributed by atoms with Gasteiger partial charge in [0.05, 0.1) is 5.54 Å². The molecule has 1 heterocycles. The maximum atomic E-state index is 12.8. The van der Waals surface area contributed by atoms with Crippen LogP contribution in [0.5, 0.6) is 0 Å². The van der Waals surface area contributed by atoms with Crippen LogP contribution in [0.25, 0.3) is 0 Å². The summed E-state index contributed by atoms with van der Waals surface area (Å²) in [5.74, 6) is 0.984. The first-order valence-electron chi connectivity index (χ1n) is 10.4. The Balaban J connectivity index is 2.00. The lowest BCUT2D eigenvalue weighted by atomic mass is 9.77. The highest BCUT2D eigenvalue weighted by molar-refractivity contribution is 5.71. The number of nitrogens with one attached hydrogen (secondary N) is 1. The molecule has 2 aliphatic rings. The first-order chi connectivity index (χ1) is 12.4. The van der Waals surface area contributed by atoms with E-state index in [1.54, 1.807) is 4.90 Å². The molecule has 156 valence electrons. The fourth-order valence-corrected chi connectivity index (χ4v) is 3.95. The first-order valence-corrected chi connectivity index (χ1v) is 10.4. The van der Waals surface area contributed by atoms with Crippen molar-refractivity contribution >= 4 is 12.2 Å². The zero-order chi connectivity index (χ0) is 20.4. The van der Waals surface area contributed by atoms with Crippen LogP contribution in [0.4, 0.5) is 9.59 Å². The second kappa shape index (κ2) is 8.27. The smallest absolute Gasteiger partial charge is 0.410 e. The molecule has 0 radical (unpaired) electrons. The van der Waals surface area contributed by atoms with E-state index >= 15 is 0 Å². The molecule has 1 saturated heterocycles. The van der Waals surface area contributed by atoms with E-state index in [0.29, 0.717) is 31.3 Å². The molecule has 6 heteroatoms. The van der Waals surface area contributed by atoms with Gasteiger partial charge in [-0.05, 0) is 57.8 Å². The van der Waals surface area contributed by atoms with Crippen molar-refractivity contribution in [3.05, 3.63) is 0 Å². The van der Waals surface area contributed by atoms with Crippen LogP contribution in [0.3, 0.4) is 0 Å². The largest absolute Gasteiger partial charge is 0.446 e. The molecule has 0 aromatic rings. The summed E-state index contributed by atoms with van der Waals surface area (Å²) < 4.78 is 11.3. The highest BCUT2D eigenvalue weighted by atomic mass is 16.6. The van der Waals surface area contributed by atoms with Crippen LogP contribution in [-0.4, -0.2) is 47.4 Å². The number of alkyl carbamates (subject to hydrolysis) is 1. The molecule has 1 aliphatic carbocycles. The molecule has 0 spiro atoms. The monoisotopic (exact) mass is 382 g/mol. The number of hydrogen-bond acceptors (Lipinski definition) is 4. The van der Waals surface area contributed by atoms with Gasteiger partial charge in [0.2, 0.25) is 0 Å². The number of carbonyl (C=O) groups is 2. The van der Waals surface area contributed by atoms with Crippen molar-refractivity contribution in [2.75, 3.05) is 13.1 Å². The second-order valence-electron chi connectivity index (χ2n) is 9.89. The molecule has 2 amide bonds. The van der Waals surface area contributed by atoms with Gasteiger partial charge in [0, 0.05) is 13.1 Å². The van der Waals surface area contributed by atoms with Crippen molar-refractivity contribution in [1.82, 2.24) is 10.2 Å². The molecule has 1 N–H and O–H groups in total. The van der Waals surface area contributed by atoms with Crippen molar-refractivity contribution in [3.63, 3.8) is 0 Å². The van der Waals surface area contributed by atoms with Crippen LogP contribution < -0.4 is 5.32 Å². The molecule has 1 aliphatic heterocycles.